The maximum Gasteiger partial charge on any atom is 0.337 e. The quantitative estimate of drug-likeness (QED) is 0.529. The molecule has 0 bridgehead atoms. The van der Waals surface area contributed by atoms with Gasteiger partial charge in [-0.05, 0) is 29.8 Å². The third-order valence-corrected chi connectivity index (χ3v) is 5.65. The Kier molecular flexibility index (Phi) is 6.60. The summed E-state index contributed by atoms with van der Waals surface area (Å²) in [5.41, 5.74) is 1.83. The predicted octanol–water partition coefficient (Wildman–Crippen LogP) is 4.16. The molecule has 3 aromatic carbocycles. The van der Waals surface area contributed by atoms with Crippen molar-refractivity contribution in [1.82, 2.24) is 4.90 Å². The Bertz CT molecular complexity index is 1120. The van der Waals surface area contributed by atoms with Gasteiger partial charge >= 0.3 is 5.97 Å². The first-order valence-electron chi connectivity index (χ1n) is 10.5. The molecule has 0 saturated carbocycles. The summed E-state index contributed by atoms with van der Waals surface area (Å²) in [7, 11) is 4.39. The van der Waals surface area contributed by atoms with Crippen molar-refractivity contribution in [2.45, 2.75) is 18.4 Å². The Balaban J connectivity index is 1.89. The highest BCUT2D eigenvalue weighted by atomic mass is 16.6. The van der Waals surface area contributed by atoms with Crippen molar-refractivity contribution in [2.24, 2.45) is 0 Å². The Hall–Kier alpha value is -3.84. The van der Waals surface area contributed by atoms with Crippen molar-refractivity contribution in [3.05, 3.63) is 95.6 Å². The Labute approximate surface area is 192 Å². The number of carbonyl (C=O) groups is 2. The van der Waals surface area contributed by atoms with E-state index >= 15 is 0 Å². The lowest BCUT2D eigenvalue weighted by Crippen LogP contribution is -2.37. The molecule has 0 N–H and O–H groups in total. The van der Waals surface area contributed by atoms with Gasteiger partial charge in [-0.1, -0.05) is 48.5 Å². The maximum atomic E-state index is 13.8. The van der Waals surface area contributed by atoms with Crippen LogP contribution in [0.15, 0.2) is 78.9 Å². The summed E-state index contributed by atoms with van der Waals surface area (Å²) in [6.45, 7) is 0. The standard InChI is InChI=1S/C26H25NO6/c1-30-19-14-15-20(21(16-19)31-2)25-27(24(28)18-12-8-5-9-13-18)22(17-10-6-4-7-11-17)23(33-25)26(29)32-3/h4-16,22-23,25H,1-3H3. The summed E-state index contributed by atoms with van der Waals surface area (Å²) in [6, 6.07) is 22.8. The summed E-state index contributed by atoms with van der Waals surface area (Å²) in [4.78, 5) is 28.2. The molecule has 1 aliphatic heterocycles. The molecule has 4 rings (SSSR count). The number of nitrogens with zero attached hydrogens (tertiary/aromatic N) is 1. The number of esters is 1. The van der Waals surface area contributed by atoms with Crippen LogP contribution < -0.4 is 9.47 Å². The van der Waals surface area contributed by atoms with E-state index < -0.39 is 24.3 Å². The highest BCUT2D eigenvalue weighted by molar-refractivity contribution is 5.95. The zero-order valence-corrected chi connectivity index (χ0v) is 18.6. The first-order chi connectivity index (χ1) is 16.1. The molecule has 170 valence electrons. The fraction of sp³-hybridized carbons (Fsp3) is 0.231. The SMILES string of the molecule is COC(=O)C1OC(c2ccc(OC)cc2OC)N(C(=O)c2ccccc2)C1c1ccccc1. The van der Waals surface area contributed by atoms with E-state index in [1.165, 1.54) is 14.2 Å². The Morgan fingerprint density at radius 2 is 1.52 bits per heavy atom. The zero-order chi connectivity index (χ0) is 23.4. The topological polar surface area (TPSA) is 74.3 Å². The minimum absolute atomic E-state index is 0.279. The van der Waals surface area contributed by atoms with Crippen molar-refractivity contribution in [3.63, 3.8) is 0 Å². The van der Waals surface area contributed by atoms with Gasteiger partial charge in [-0.3, -0.25) is 9.69 Å². The van der Waals surface area contributed by atoms with Crippen LogP contribution in [0.2, 0.25) is 0 Å². The molecule has 1 amide bonds. The van der Waals surface area contributed by atoms with Crippen LogP contribution in [0.4, 0.5) is 0 Å². The van der Waals surface area contributed by atoms with Crippen LogP contribution in [0.5, 0.6) is 11.5 Å². The molecule has 7 heteroatoms. The largest absolute Gasteiger partial charge is 0.497 e. The summed E-state index contributed by atoms with van der Waals surface area (Å²) in [6.07, 6.45) is -1.92. The number of hydrogen-bond donors (Lipinski definition) is 0. The van der Waals surface area contributed by atoms with E-state index in [9.17, 15) is 9.59 Å². The van der Waals surface area contributed by atoms with Gasteiger partial charge in [0.05, 0.1) is 27.4 Å². The number of ether oxygens (including phenoxy) is 4. The first-order valence-corrected chi connectivity index (χ1v) is 10.5. The summed E-state index contributed by atoms with van der Waals surface area (Å²) in [5, 5.41) is 0. The molecule has 7 nitrogen and oxygen atoms in total. The number of carbonyl (C=O) groups excluding carboxylic acids is 2. The van der Waals surface area contributed by atoms with E-state index in [4.69, 9.17) is 18.9 Å². The van der Waals surface area contributed by atoms with Gasteiger partial charge in [-0.15, -0.1) is 0 Å². The second-order valence-corrected chi connectivity index (χ2v) is 7.47. The number of hydrogen-bond acceptors (Lipinski definition) is 6. The van der Waals surface area contributed by atoms with E-state index in [-0.39, 0.29) is 5.91 Å². The number of rotatable bonds is 6. The molecule has 1 aliphatic rings. The molecule has 0 aromatic heterocycles. The molecule has 1 saturated heterocycles. The van der Waals surface area contributed by atoms with Gasteiger partial charge < -0.3 is 18.9 Å². The van der Waals surface area contributed by atoms with E-state index in [1.54, 1.807) is 54.5 Å². The molecule has 3 aromatic rings. The molecular weight excluding hydrogens is 422 g/mol. The highest BCUT2D eigenvalue weighted by Crippen LogP contribution is 2.47. The first kappa shape index (κ1) is 22.4. The maximum absolute atomic E-state index is 13.8. The Morgan fingerprint density at radius 3 is 2.12 bits per heavy atom. The fourth-order valence-electron chi connectivity index (χ4n) is 4.07. The molecule has 1 fully saturated rings. The van der Waals surface area contributed by atoms with Crippen LogP contribution in [0.25, 0.3) is 0 Å². The minimum Gasteiger partial charge on any atom is -0.497 e. The second kappa shape index (κ2) is 9.75. The van der Waals surface area contributed by atoms with Crippen molar-refractivity contribution in [1.29, 1.82) is 0 Å². The molecule has 0 spiro atoms. The van der Waals surface area contributed by atoms with Crippen molar-refractivity contribution < 1.29 is 28.5 Å². The van der Waals surface area contributed by atoms with E-state index in [0.29, 0.717) is 22.6 Å². The average Bonchev–Trinajstić information content (AvgIpc) is 3.28. The van der Waals surface area contributed by atoms with Gasteiger partial charge in [0.2, 0.25) is 0 Å². The van der Waals surface area contributed by atoms with E-state index in [1.807, 2.05) is 36.4 Å². The lowest BCUT2D eigenvalue weighted by Gasteiger charge is -2.30. The van der Waals surface area contributed by atoms with Crippen LogP contribution in [0.3, 0.4) is 0 Å². The van der Waals surface area contributed by atoms with Gasteiger partial charge in [0.25, 0.3) is 5.91 Å². The monoisotopic (exact) mass is 447 g/mol. The summed E-state index contributed by atoms with van der Waals surface area (Å²) >= 11 is 0. The van der Waals surface area contributed by atoms with Crippen molar-refractivity contribution in [2.75, 3.05) is 21.3 Å². The molecular formula is C26H25NO6. The smallest absolute Gasteiger partial charge is 0.337 e. The average molecular weight is 447 g/mol. The number of methoxy groups -OCH3 is 3. The molecule has 33 heavy (non-hydrogen) atoms. The van der Waals surface area contributed by atoms with Gasteiger partial charge in [0.15, 0.2) is 12.3 Å². The molecule has 3 unspecified atom stereocenters. The highest BCUT2D eigenvalue weighted by Gasteiger charge is 2.51. The lowest BCUT2D eigenvalue weighted by molar-refractivity contribution is -0.154. The Morgan fingerprint density at radius 1 is 0.848 bits per heavy atom. The van der Waals surface area contributed by atoms with Crippen LogP contribution in [0.1, 0.15) is 33.8 Å². The normalized spacial score (nSPS) is 19.7. The summed E-state index contributed by atoms with van der Waals surface area (Å²) in [5.74, 6) is 0.226. The van der Waals surface area contributed by atoms with Gasteiger partial charge in [0, 0.05) is 17.2 Å². The van der Waals surface area contributed by atoms with Gasteiger partial charge in [-0.25, -0.2) is 4.79 Å². The lowest BCUT2D eigenvalue weighted by atomic mass is 9.99. The molecule has 0 radical (unpaired) electrons. The second-order valence-electron chi connectivity index (χ2n) is 7.47. The molecule has 1 heterocycles. The van der Waals surface area contributed by atoms with Crippen LogP contribution >= 0.6 is 0 Å². The van der Waals surface area contributed by atoms with Crippen LogP contribution in [-0.2, 0) is 14.3 Å². The minimum atomic E-state index is -1.03. The van der Waals surface area contributed by atoms with Crippen molar-refractivity contribution in [3.8, 4) is 11.5 Å². The van der Waals surface area contributed by atoms with Crippen LogP contribution in [0, 0.1) is 0 Å². The van der Waals surface area contributed by atoms with Gasteiger partial charge in [-0.2, -0.15) is 0 Å². The van der Waals surface area contributed by atoms with E-state index in [2.05, 4.69) is 0 Å². The third-order valence-electron chi connectivity index (χ3n) is 5.65. The third kappa shape index (κ3) is 4.27. The number of amides is 1. The number of benzene rings is 3. The molecule has 0 aliphatic carbocycles. The van der Waals surface area contributed by atoms with Crippen molar-refractivity contribution >= 4 is 11.9 Å². The van der Waals surface area contributed by atoms with Gasteiger partial charge in [0.1, 0.15) is 11.5 Å². The van der Waals surface area contributed by atoms with E-state index in [0.717, 1.165) is 5.56 Å². The molecule has 3 atom stereocenters. The zero-order valence-electron chi connectivity index (χ0n) is 18.6. The summed E-state index contributed by atoms with van der Waals surface area (Å²) < 4.78 is 22.2. The van der Waals surface area contributed by atoms with Crippen LogP contribution in [-0.4, -0.2) is 44.2 Å². The predicted molar refractivity (Wildman–Crippen MR) is 121 cm³/mol. The fourth-order valence-corrected chi connectivity index (χ4v) is 4.07.